The molecule has 0 saturated carbocycles. The zero-order valence-electron chi connectivity index (χ0n) is 12.4. The number of nitrogens with zero attached hydrogens (tertiary/aromatic N) is 1. The smallest absolute Gasteiger partial charge is 0.325 e. The van der Waals surface area contributed by atoms with Crippen molar-refractivity contribution in [3.05, 3.63) is 35.9 Å². The summed E-state index contributed by atoms with van der Waals surface area (Å²) in [5.41, 5.74) is 0.898. The van der Waals surface area contributed by atoms with Crippen LogP contribution >= 0.6 is 0 Å². The molecule has 0 aliphatic carbocycles. The summed E-state index contributed by atoms with van der Waals surface area (Å²) >= 11 is 0. The normalized spacial score (nSPS) is 14.0. The highest BCUT2D eigenvalue weighted by Crippen LogP contribution is 2.09. The monoisotopic (exact) mass is 304 g/mol. The third kappa shape index (κ3) is 5.20. The molecule has 1 heterocycles. The number of hydrogen-bond acceptors (Lipinski definition) is 4. The minimum atomic E-state index is -0.477. The Kier molecular flexibility index (Phi) is 5.94. The third-order valence-electron chi connectivity index (χ3n) is 3.45. The van der Waals surface area contributed by atoms with Gasteiger partial charge in [-0.1, -0.05) is 30.3 Å². The van der Waals surface area contributed by atoms with Crippen LogP contribution in [0.25, 0.3) is 0 Å². The van der Waals surface area contributed by atoms with Gasteiger partial charge in [0.15, 0.2) is 0 Å². The number of ether oxygens (including phenoxy) is 1. The maximum atomic E-state index is 11.6. The highest BCUT2D eigenvalue weighted by Gasteiger charge is 2.20. The lowest BCUT2D eigenvalue weighted by Crippen LogP contribution is -2.34. The van der Waals surface area contributed by atoms with Crippen LogP contribution in [-0.2, 0) is 25.7 Å². The van der Waals surface area contributed by atoms with E-state index in [1.807, 2.05) is 30.3 Å². The Morgan fingerprint density at radius 2 is 2.00 bits per heavy atom. The van der Waals surface area contributed by atoms with Gasteiger partial charge in [0.2, 0.25) is 11.8 Å². The molecule has 22 heavy (non-hydrogen) atoms. The van der Waals surface area contributed by atoms with Crippen LogP contribution in [-0.4, -0.2) is 42.3 Å². The van der Waals surface area contributed by atoms with Crippen molar-refractivity contribution in [3.8, 4) is 0 Å². The molecule has 6 nitrogen and oxygen atoms in total. The Hall–Kier alpha value is -2.37. The van der Waals surface area contributed by atoms with E-state index in [-0.39, 0.29) is 31.4 Å². The summed E-state index contributed by atoms with van der Waals surface area (Å²) in [4.78, 5) is 36.2. The molecule has 1 aliphatic rings. The Balaban J connectivity index is 1.59. The van der Waals surface area contributed by atoms with E-state index in [9.17, 15) is 14.4 Å². The topological polar surface area (TPSA) is 75.7 Å². The van der Waals surface area contributed by atoms with Gasteiger partial charge in [-0.3, -0.25) is 14.4 Å². The fourth-order valence-electron chi connectivity index (χ4n) is 2.23. The van der Waals surface area contributed by atoms with E-state index in [1.54, 1.807) is 4.90 Å². The number of carbonyl (C=O) groups is 3. The van der Waals surface area contributed by atoms with Gasteiger partial charge in [0, 0.05) is 25.9 Å². The summed E-state index contributed by atoms with van der Waals surface area (Å²) < 4.78 is 5.06. The Morgan fingerprint density at radius 3 is 2.68 bits per heavy atom. The molecule has 0 bridgehead atoms. The Bertz CT molecular complexity index is 530. The maximum absolute atomic E-state index is 11.6. The molecule has 118 valence electrons. The van der Waals surface area contributed by atoms with Gasteiger partial charge >= 0.3 is 5.97 Å². The zero-order chi connectivity index (χ0) is 15.8. The Morgan fingerprint density at radius 1 is 1.23 bits per heavy atom. The number of rotatable bonds is 7. The van der Waals surface area contributed by atoms with Crippen LogP contribution in [0.2, 0.25) is 0 Å². The predicted octanol–water partition coefficient (Wildman–Crippen LogP) is 0.859. The van der Waals surface area contributed by atoms with Crippen molar-refractivity contribution < 1.29 is 19.1 Å². The fraction of sp³-hybridized carbons (Fsp3) is 0.438. The van der Waals surface area contributed by atoms with Crippen LogP contribution in [0, 0.1) is 0 Å². The molecule has 2 rings (SSSR count). The van der Waals surface area contributed by atoms with Crippen LogP contribution in [0.1, 0.15) is 24.8 Å². The van der Waals surface area contributed by atoms with Gasteiger partial charge < -0.3 is 15.0 Å². The van der Waals surface area contributed by atoms with Crippen molar-refractivity contribution in [2.45, 2.75) is 25.9 Å². The van der Waals surface area contributed by atoms with Crippen LogP contribution in [0.3, 0.4) is 0 Å². The van der Waals surface area contributed by atoms with Gasteiger partial charge in [-0.2, -0.15) is 0 Å². The lowest BCUT2D eigenvalue weighted by atomic mass is 10.2. The molecular formula is C16H20N2O4. The molecule has 1 aromatic rings. The number of amides is 2. The van der Waals surface area contributed by atoms with E-state index in [0.717, 1.165) is 12.0 Å². The first-order chi connectivity index (χ1) is 10.6. The summed E-state index contributed by atoms with van der Waals surface area (Å²) in [6, 6.07) is 9.34. The minimum Gasteiger partial charge on any atom is -0.460 e. The van der Waals surface area contributed by atoms with Crippen molar-refractivity contribution in [3.63, 3.8) is 0 Å². The molecule has 1 N–H and O–H groups in total. The number of esters is 1. The number of nitrogens with one attached hydrogen (secondary N) is 1. The summed E-state index contributed by atoms with van der Waals surface area (Å²) in [7, 11) is 0. The van der Waals surface area contributed by atoms with Crippen LogP contribution in [0.4, 0.5) is 0 Å². The second-order valence-corrected chi connectivity index (χ2v) is 5.16. The zero-order valence-corrected chi connectivity index (χ0v) is 12.4. The summed E-state index contributed by atoms with van der Waals surface area (Å²) in [6.45, 7) is 1.16. The molecule has 1 saturated heterocycles. The molecule has 0 atom stereocenters. The minimum absolute atomic E-state index is 0.0927. The van der Waals surface area contributed by atoms with Crippen LogP contribution < -0.4 is 5.32 Å². The standard InChI is InChI=1S/C16H20N2O4/c19-14(8-10-18-9-4-7-15(18)20)17-11-16(21)22-12-13-5-2-1-3-6-13/h1-3,5-6H,4,7-12H2,(H,17,19). The van der Waals surface area contributed by atoms with E-state index in [1.165, 1.54) is 0 Å². The molecule has 1 aromatic carbocycles. The van der Waals surface area contributed by atoms with Crippen molar-refractivity contribution in [2.24, 2.45) is 0 Å². The van der Waals surface area contributed by atoms with Gasteiger partial charge in [0.05, 0.1) is 0 Å². The van der Waals surface area contributed by atoms with E-state index >= 15 is 0 Å². The lowest BCUT2D eigenvalue weighted by molar-refractivity contribution is -0.145. The second-order valence-electron chi connectivity index (χ2n) is 5.16. The van der Waals surface area contributed by atoms with Gasteiger partial charge in [0.1, 0.15) is 13.2 Å². The molecule has 0 spiro atoms. The number of benzene rings is 1. The average Bonchev–Trinajstić information content (AvgIpc) is 2.95. The first kappa shape index (κ1) is 16.0. The van der Waals surface area contributed by atoms with Gasteiger partial charge in [-0.15, -0.1) is 0 Å². The second kappa shape index (κ2) is 8.17. The van der Waals surface area contributed by atoms with Gasteiger partial charge in [-0.05, 0) is 12.0 Å². The quantitative estimate of drug-likeness (QED) is 0.758. The third-order valence-corrected chi connectivity index (χ3v) is 3.45. The first-order valence-corrected chi connectivity index (χ1v) is 7.39. The molecular weight excluding hydrogens is 284 g/mol. The summed E-state index contributed by atoms with van der Waals surface area (Å²) in [6.07, 6.45) is 1.62. The van der Waals surface area contributed by atoms with E-state index in [4.69, 9.17) is 4.74 Å². The summed E-state index contributed by atoms with van der Waals surface area (Å²) in [5, 5.41) is 2.51. The highest BCUT2D eigenvalue weighted by molar-refractivity contribution is 5.83. The lowest BCUT2D eigenvalue weighted by Gasteiger charge is -2.14. The molecule has 0 unspecified atom stereocenters. The molecule has 1 aliphatic heterocycles. The summed E-state index contributed by atoms with van der Waals surface area (Å²) in [5.74, 6) is -0.638. The molecule has 0 aromatic heterocycles. The number of carbonyl (C=O) groups excluding carboxylic acids is 3. The van der Waals surface area contributed by atoms with Crippen molar-refractivity contribution in [1.29, 1.82) is 0 Å². The van der Waals surface area contributed by atoms with E-state index < -0.39 is 5.97 Å². The average molecular weight is 304 g/mol. The molecule has 1 fully saturated rings. The van der Waals surface area contributed by atoms with Gasteiger partial charge in [-0.25, -0.2) is 0 Å². The van der Waals surface area contributed by atoms with Crippen LogP contribution in [0.15, 0.2) is 30.3 Å². The molecule has 0 radical (unpaired) electrons. The Labute approximate surface area is 129 Å². The van der Waals surface area contributed by atoms with Crippen LogP contribution in [0.5, 0.6) is 0 Å². The van der Waals surface area contributed by atoms with Crippen molar-refractivity contribution in [2.75, 3.05) is 19.6 Å². The molecule has 2 amide bonds. The number of likely N-dealkylation sites (tertiary alicyclic amines) is 1. The first-order valence-electron chi connectivity index (χ1n) is 7.39. The van der Waals surface area contributed by atoms with E-state index in [0.29, 0.717) is 19.5 Å². The fourth-order valence-corrected chi connectivity index (χ4v) is 2.23. The van der Waals surface area contributed by atoms with E-state index in [2.05, 4.69) is 5.32 Å². The molecule has 6 heteroatoms. The van der Waals surface area contributed by atoms with Crippen molar-refractivity contribution >= 4 is 17.8 Å². The predicted molar refractivity (Wildman–Crippen MR) is 79.7 cm³/mol. The van der Waals surface area contributed by atoms with Gasteiger partial charge in [0.25, 0.3) is 0 Å². The highest BCUT2D eigenvalue weighted by atomic mass is 16.5. The SMILES string of the molecule is O=C(CCN1CCCC1=O)NCC(=O)OCc1ccccc1. The van der Waals surface area contributed by atoms with Crippen molar-refractivity contribution in [1.82, 2.24) is 10.2 Å². The largest absolute Gasteiger partial charge is 0.460 e. The maximum Gasteiger partial charge on any atom is 0.325 e. The number of hydrogen-bond donors (Lipinski definition) is 1.